The molecule has 2 aliphatic carbocycles. The molecule has 0 radical (unpaired) electrons. The zero-order chi connectivity index (χ0) is 14.7. The van der Waals surface area contributed by atoms with Crippen molar-refractivity contribution in [1.29, 1.82) is 0 Å². The molecule has 2 saturated carbocycles. The van der Waals surface area contributed by atoms with E-state index < -0.39 is 0 Å². The van der Waals surface area contributed by atoms with Crippen molar-refractivity contribution in [2.75, 3.05) is 13.6 Å². The lowest BCUT2D eigenvalue weighted by Crippen LogP contribution is -2.44. The largest absolute Gasteiger partial charge is 0.356 e. The third kappa shape index (κ3) is 4.28. The number of nitrogens with zero attached hydrogens (tertiary/aromatic N) is 1. The maximum absolute atomic E-state index is 5.98. The summed E-state index contributed by atoms with van der Waals surface area (Å²) >= 11 is 5.98. The molecule has 0 amide bonds. The average molecular weight is 434 g/mol. The summed E-state index contributed by atoms with van der Waals surface area (Å²) in [6.45, 7) is 0.945. The Labute approximate surface area is 155 Å². The first-order valence-electron chi connectivity index (χ1n) is 7.95. The van der Waals surface area contributed by atoms with Crippen molar-refractivity contribution in [2.45, 2.75) is 50.0 Å². The molecule has 0 heterocycles. The lowest BCUT2D eigenvalue weighted by atomic mass is 9.96. The van der Waals surface area contributed by atoms with Crippen molar-refractivity contribution in [3.8, 4) is 0 Å². The number of hydrogen-bond acceptors (Lipinski definition) is 1. The topological polar surface area (TPSA) is 36.4 Å². The van der Waals surface area contributed by atoms with Gasteiger partial charge >= 0.3 is 0 Å². The second-order valence-corrected chi connectivity index (χ2v) is 6.78. The van der Waals surface area contributed by atoms with Gasteiger partial charge in [0.05, 0.1) is 0 Å². The van der Waals surface area contributed by atoms with Gasteiger partial charge in [0.15, 0.2) is 5.96 Å². The molecule has 0 spiro atoms. The molecule has 1 aromatic rings. The molecule has 0 saturated heterocycles. The fraction of sp³-hybridized carbons (Fsp3) is 0.588. The van der Waals surface area contributed by atoms with E-state index in [1.807, 2.05) is 19.2 Å². The minimum absolute atomic E-state index is 0. The van der Waals surface area contributed by atoms with E-state index in [1.54, 1.807) is 0 Å². The van der Waals surface area contributed by atoms with Gasteiger partial charge < -0.3 is 10.6 Å². The Morgan fingerprint density at radius 1 is 1.23 bits per heavy atom. The molecule has 0 unspecified atom stereocenters. The average Bonchev–Trinajstić information content (AvgIpc) is 3.12. The summed E-state index contributed by atoms with van der Waals surface area (Å²) in [4.78, 5) is 4.36. The summed E-state index contributed by atoms with van der Waals surface area (Å²) in [6.07, 6.45) is 7.68. The molecule has 3 rings (SSSR count). The van der Waals surface area contributed by atoms with Gasteiger partial charge in [-0.3, -0.25) is 4.99 Å². The Balaban J connectivity index is 0.00000176. The highest BCUT2D eigenvalue weighted by Crippen LogP contribution is 2.47. The monoisotopic (exact) mass is 433 g/mol. The van der Waals surface area contributed by atoms with Crippen molar-refractivity contribution >= 4 is 41.5 Å². The van der Waals surface area contributed by atoms with Crippen LogP contribution in [0.5, 0.6) is 0 Å². The van der Waals surface area contributed by atoms with E-state index in [2.05, 4.69) is 27.8 Å². The number of guanidine groups is 1. The second kappa shape index (κ2) is 7.86. The quantitative estimate of drug-likeness (QED) is 0.426. The highest BCUT2D eigenvalue weighted by Gasteiger charge is 2.44. The lowest BCUT2D eigenvalue weighted by molar-refractivity contribution is 0.594. The standard InChI is InChI=1S/C17H24ClN3.HI/c1-19-16(21-15-4-2-3-5-15)20-12-17(10-11-17)13-6-8-14(18)9-7-13;/h6-9,15H,2-5,10-12H2,1H3,(H2,19,20,21);1H. The molecule has 22 heavy (non-hydrogen) atoms. The second-order valence-electron chi connectivity index (χ2n) is 6.34. The fourth-order valence-corrected chi connectivity index (χ4v) is 3.36. The first kappa shape index (κ1) is 17.9. The predicted octanol–water partition coefficient (Wildman–Crippen LogP) is 4.10. The van der Waals surface area contributed by atoms with E-state index >= 15 is 0 Å². The van der Waals surface area contributed by atoms with Gasteiger partial charge in [0.1, 0.15) is 0 Å². The molecule has 2 N–H and O–H groups in total. The van der Waals surface area contributed by atoms with Gasteiger partial charge in [-0.1, -0.05) is 36.6 Å². The van der Waals surface area contributed by atoms with Crippen LogP contribution in [0.4, 0.5) is 0 Å². The number of hydrogen-bond donors (Lipinski definition) is 2. The maximum Gasteiger partial charge on any atom is 0.191 e. The highest BCUT2D eigenvalue weighted by atomic mass is 127. The number of benzene rings is 1. The lowest BCUT2D eigenvalue weighted by Gasteiger charge is -2.21. The molecular formula is C17H25ClIN3. The minimum Gasteiger partial charge on any atom is -0.356 e. The Hall–Kier alpha value is -0.490. The van der Waals surface area contributed by atoms with Crippen molar-refractivity contribution in [2.24, 2.45) is 4.99 Å². The SMILES string of the molecule is CN=C(NCC1(c2ccc(Cl)cc2)CC1)NC1CCCC1.I. The maximum atomic E-state index is 5.98. The van der Waals surface area contributed by atoms with Crippen LogP contribution in [0, 0.1) is 0 Å². The van der Waals surface area contributed by atoms with Gasteiger partial charge in [-0.15, -0.1) is 24.0 Å². The third-order valence-corrected chi connectivity index (χ3v) is 5.08. The van der Waals surface area contributed by atoms with Crippen LogP contribution < -0.4 is 10.6 Å². The Morgan fingerprint density at radius 3 is 2.41 bits per heavy atom. The normalized spacial score (nSPS) is 20.4. The summed E-state index contributed by atoms with van der Waals surface area (Å²) in [5.74, 6) is 0.946. The molecule has 2 aliphatic rings. The molecule has 1 aromatic carbocycles. The summed E-state index contributed by atoms with van der Waals surface area (Å²) in [5.41, 5.74) is 1.66. The van der Waals surface area contributed by atoms with E-state index in [-0.39, 0.29) is 29.4 Å². The Kier molecular flexibility index (Phi) is 6.38. The van der Waals surface area contributed by atoms with E-state index in [1.165, 1.54) is 44.1 Å². The van der Waals surface area contributed by atoms with E-state index in [4.69, 9.17) is 11.6 Å². The molecule has 122 valence electrons. The van der Waals surface area contributed by atoms with Gasteiger partial charge in [-0.25, -0.2) is 0 Å². The summed E-state index contributed by atoms with van der Waals surface area (Å²) in [7, 11) is 1.85. The van der Waals surface area contributed by atoms with Crippen LogP contribution in [-0.2, 0) is 5.41 Å². The fourth-order valence-electron chi connectivity index (χ4n) is 3.23. The number of rotatable bonds is 4. The van der Waals surface area contributed by atoms with E-state index in [0.717, 1.165) is 17.5 Å². The van der Waals surface area contributed by atoms with E-state index in [0.29, 0.717) is 6.04 Å². The molecule has 3 nitrogen and oxygen atoms in total. The minimum atomic E-state index is 0. The first-order valence-corrected chi connectivity index (χ1v) is 8.33. The number of halogens is 2. The molecule has 0 bridgehead atoms. The molecule has 2 fully saturated rings. The van der Waals surface area contributed by atoms with E-state index in [9.17, 15) is 0 Å². The van der Waals surface area contributed by atoms with Crippen molar-refractivity contribution in [1.82, 2.24) is 10.6 Å². The number of aliphatic imine (C=N–C) groups is 1. The van der Waals surface area contributed by atoms with Crippen LogP contribution in [0.2, 0.25) is 5.02 Å². The smallest absolute Gasteiger partial charge is 0.191 e. The molecular weight excluding hydrogens is 409 g/mol. The van der Waals surface area contributed by atoms with Gasteiger partial charge in [0, 0.05) is 30.1 Å². The summed E-state index contributed by atoms with van der Waals surface area (Å²) in [6, 6.07) is 8.89. The van der Waals surface area contributed by atoms with Crippen LogP contribution in [0.1, 0.15) is 44.1 Å². The van der Waals surface area contributed by atoms with Gasteiger partial charge in [0.25, 0.3) is 0 Å². The predicted molar refractivity (Wildman–Crippen MR) is 105 cm³/mol. The van der Waals surface area contributed by atoms with Crippen LogP contribution in [0.25, 0.3) is 0 Å². The first-order chi connectivity index (χ1) is 10.2. The van der Waals surface area contributed by atoms with Gasteiger partial charge in [-0.2, -0.15) is 0 Å². The number of nitrogens with one attached hydrogen (secondary N) is 2. The third-order valence-electron chi connectivity index (χ3n) is 4.82. The zero-order valence-corrected chi connectivity index (χ0v) is 16.2. The zero-order valence-electron chi connectivity index (χ0n) is 13.1. The van der Waals surface area contributed by atoms with Crippen LogP contribution >= 0.6 is 35.6 Å². The van der Waals surface area contributed by atoms with Crippen molar-refractivity contribution in [3.63, 3.8) is 0 Å². The Morgan fingerprint density at radius 2 is 1.86 bits per heavy atom. The van der Waals surface area contributed by atoms with Crippen molar-refractivity contribution in [3.05, 3.63) is 34.9 Å². The highest BCUT2D eigenvalue weighted by molar-refractivity contribution is 14.0. The van der Waals surface area contributed by atoms with Gasteiger partial charge in [-0.05, 0) is 43.4 Å². The Bertz CT molecular complexity index is 505. The van der Waals surface area contributed by atoms with Crippen LogP contribution in [0.15, 0.2) is 29.3 Å². The van der Waals surface area contributed by atoms with Crippen LogP contribution in [0.3, 0.4) is 0 Å². The van der Waals surface area contributed by atoms with Gasteiger partial charge in [0.2, 0.25) is 0 Å². The van der Waals surface area contributed by atoms with Crippen LogP contribution in [-0.4, -0.2) is 25.6 Å². The molecule has 0 aliphatic heterocycles. The molecule has 5 heteroatoms. The van der Waals surface area contributed by atoms with Crippen molar-refractivity contribution < 1.29 is 0 Å². The molecule has 0 atom stereocenters. The summed E-state index contributed by atoms with van der Waals surface area (Å²) < 4.78 is 0. The molecule has 0 aromatic heterocycles. The summed E-state index contributed by atoms with van der Waals surface area (Å²) in [5, 5.41) is 7.87.